The second kappa shape index (κ2) is 5.82. The number of anilines is 1. The quantitative estimate of drug-likeness (QED) is 0.749. The van der Waals surface area contributed by atoms with Gasteiger partial charge in [0.25, 0.3) is 0 Å². The molecule has 1 aliphatic carbocycles. The van der Waals surface area contributed by atoms with Crippen molar-refractivity contribution in [2.24, 2.45) is 11.7 Å². The van der Waals surface area contributed by atoms with Gasteiger partial charge in [-0.05, 0) is 25.2 Å². The van der Waals surface area contributed by atoms with E-state index >= 15 is 0 Å². The summed E-state index contributed by atoms with van der Waals surface area (Å²) in [6, 6.07) is 0.219. The minimum atomic E-state index is 0.219. The van der Waals surface area contributed by atoms with Crippen LogP contribution >= 0.6 is 0 Å². The van der Waals surface area contributed by atoms with Crippen LogP contribution in [-0.2, 0) is 0 Å². The van der Waals surface area contributed by atoms with Crippen LogP contribution in [0, 0.1) is 5.92 Å². The highest BCUT2D eigenvalue weighted by Gasteiger charge is 2.28. The number of nitrogens with zero attached hydrogens (tertiary/aromatic N) is 2. The predicted molar refractivity (Wildman–Crippen MR) is 67.0 cm³/mol. The van der Waals surface area contributed by atoms with Crippen LogP contribution in [0.5, 0.6) is 5.88 Å². The van der Waals surface area contributed by atoms with E-state index in [1.807, 2.05) is 0 Å². The molecule has 0 saturated heterocycles. The van der Waals surface area contributed by atoms with Gasteiger partial charge in [-0.3, -0.25) is 4.98 Å². The Bertz CT molecular complexity index is 354. The van der Waals surface area contributed by atoms with E-state index in [0.29, 0.717) is 18.4 Å². The van der Waals surface area contributed by atoms with Crippen LogP contribution in [0.25, 0.3) is 0 Å². The second-order valence-electron chi connectivity index (χ2n) is 4.47. The van der Waals surface area contributed by atoms with Crippen LogP contribution in [0.2, 0.25) is 0 Å². The molecule has 1 atom stereocenters. The number of nitrogens with two attached hydrogens (primary N) is 1. The largest absolute Gasteiger partial charge is 0.477 e. The van der Waals surface area contributed by atoms with Crippen LogP contribution in [0.4, 0.5) is 5.82 Å². The molecule has 17 heavy (non-hydrogen) atoms. The molecule has 1 saturated carbocycles. The number of hydrogen-bond donors (Lipinski definition) is 2. The first-order valence-corrected chi connectivity index (χ1v) is 6.24. The van der Waals surface area contributed by atoms with Crippen molar-refractivity contribution in [3.05, 3.63) is 12.4 Å². The fourth-order valence-corrected chi connectivity index (χ4v) is 1.62. The molecule has 94 valence electrons. The van der Waals surface area contributed by atoms with Crippen molar-refractivity contribution >= 4 is 5.82 Å². The zero-order valence-corrected chi connectivity index (χ0v) is 10.2. The number of aromatic nitrogens is 2. The fraction of sp³-hybridized carbons (Fsp3) is 0.667. The van der Waals surface area contributed by atoms with Gasteiger partial charge in [0.05, 0.1) is 19.0 Å². The van der Waals surface area contributed by atoms with E-state index in [1.54, 1.807) is 12.4 Å². The van der Waals surface area contributed by atoms with E-state index < -0.39 is 0 Å². The SMILES string of the molecule is CCCOc1cncc(NCC(N)C2CC2)n1. The molecule has 1 fully saturated rings. The van der Waals surface area contributed by atoms with Crippen molar-refractivity contribution < 1.29 is 4.74 Å². The molecular weight excluding hydrogens is 216 g/mol. The van der Waals surface area contributed by atoms with Gasteiger partial charge in [-0.25, -0.2) is 0 Å². The standard InChI is InChI=1S/C12H20N4O/c1-2-5-17-12-8-14-7-11(16-12)15-6-10(13)9-3-4-9/h7-10H,2-6,13H2,1H3,(H,15,16). The summed E-state index contributed by atoms with van der Waals surface area (Å²) in [4.78, 5) is 8.40. The molecule has 0 spiro atoms. The third-order valence-corrected chi connectivity index (χ3v) is 2.81. The minimum absolute atomic E-state index is 0.219. The highest BCUT2D eigenvalue weighted by atomic mass is 16.5. The summed E-state index contributed by atoms with van der Waals surface area (Å²) >= 11 is 0. The van der Waals surface area contributed by atoms with Gasteiger partial charge >= 0.3 is 0 Å². The summed E-state index contributed by atoms with van der Waals surface area (Å²) in [7, 11) is 0. The lowest BCUT2D eigenvalue weighted by atomic mass is 10.2. The Balaban J connectivity index is 1.82. The van der Waals surface area contributed by atoms with Crippen LogP contribution < -0.4 is 15.8 Å². The van der Waals surface area contributed by atoms with Crippen LogP contribution in [-0.4, -0.2) is 29.2 Å². The average molecular weight is 236 g/mol. The molecule has 1 unspecified atom stereocenters. The van der Waals surface area contributed by atoms with E-state index in [1.165, 1.54) is 12.8 Å². The molecule has 5 nitrogen and oxygen atoms in total. The fourth-order valence-electron chi connectivity index (χ4n) is 1.62. The van der Waals surface area contributed by atoms with Crippen molar-refractivity contribution in [1.29, 1.82) is 0 Å². The zero-order chi connectivity index (χ0) is 12.1. The van der Waals surface area contributed by atoms with E-state index in [4.69, 9.17) is 10.5 Å². The van der Waals surface area contributed by atoms with Gasteiger partial charge in [0.2, 0.25) is 5.88 Å². The minimum Gasteiger partial charge on any atom is -0.477 e. The van der Waals surface area contributed by atoms with Gasteiger partial charge in [-0.2, -0.15) is 4.98 Å². The summed E-state index contributed by atoms with van der Waals surface area (Å²) in [5.74, 6) is 1.99. The van der Waals surface area contributed by atoms with Gasteiger partial charge in [-0.1, -0.05) is 6.92 Å². The molecule has 1 aromatic heterocycles. The maximum absolute atomic E-state index is 6.00. The monoisotopic (exact) mass is 236 g/mol. The van der Waals surface area contributed by atoms with Gasteiger partial charge in [0.15, 0.2) is 0 Å². The zero-order valence-electron chi connectivity index (χ0n) is 10.2. The Morgan fingerprint density at radius 1 is 1.53 bits per heavy atom. The predicted octanol–water partition coefficient (Wildman–Crippen LogP) is 1.41. The normalized spacial score (nSPS) is 16.6. The maximum Gasteiger partial charge on any atom is 0.234 e. The van der Waals surface area contributed by atoms with Crippen LogP contribution in [0.15, 0.2) is 12.4 Å². The Hall–Kier alpha value is -1.36. The summed E-state index contributed by atoms with van der Waals surface area (Å²) in [6.45, 7) is 3.47. The molecule has 0 bridgehead atoms. The average Bonchev–Trinajstić information content (AvgIpc) is 3.18. The molecule has 1 heterocycles. The van der Waals surface area contributed by atoms with Crippen molar-refractivity contribution in [2.75, 3.05) is 18.5 Å². The smallest absolute Gasteiger partial charge is 0.234 e. The molecule has 2 rings (SSSR count). The van der Waals surface area contributed by atoms with Crippen molar-refractivity contribution in [3.8, 4) is 5.88 Å². The molecule has 0 amide bonds. The van der Waals surface area contributed by atoms with E-state index in [0.717, 1.165) is 18.8 Å². The highest BCUT2D eigenvalue weighted by molar-refractivity contribution is 5.33. The molecule has 0 radical (unpaired) electrons. The summed E-state index contributed by atoms with van der Waals surface area (Å²) < 4.78 is 5.42. The second-order valence-corrected chi connectivity index (χ2v) is 4.47. The first-order chi connectivity index (χ1) is 8.29. The molecule has 3 N–H and O–H groups in total. The third-order valence-electron chi connectivity index (χ3n) is 2.81. The number of ether oxygens (including phenoxy) is 1. The topological polar surface area (TPSA) is 73.1 Å². The number of nitrogens with one attached hydrogen (secondary N) is 1. The lowest BCUT2D eigenvalue weighted by molar-refractivity contribution is 0.304. The van der Waals surface area contributed by atoms with Gasteiger partial charge in [-0.15, -0.1) is 0 Å². The van der Waals surface area contributed by atoms with Crippen LogP contribution in [0.3, 0.4) is 0 Å². The van der Waals surface area contributed by atoms with Gasteiger partial charge in [0.1, 0.15) is 5.82 Å². The summed E-state index contributed by atoms with van der Waals surface area (Å²) in [5.41, 5.74) is 6.00. The number of hydrogen-bond acceptors (Lipinski definition) is 5. The first-order valence-electron chi connectivity index (χ1n) is 6.24. The lowest BCUT2D eigenvalue weighted by Gasteiger charge is -2.12. The van der Waals surface area contributed by atoms with Crippen LogP contribution in [0.1, 0.15) is 26.2 Å². The first kappa shape index (κ1) is 12.1. The number of rotatable bonds is 7. The molecule has 1 aromatic rings. The Labute approximate surface area is 102 Å². The summed E-state index contributed by atoms with van der Waals surface area (Å²) in [6.07, 6.45) is 6.80. The van der Waals surface area contributed by atoms with Crippen molar-refractivity contribution in [2.45, 2.75) is 32.2 Å². The summed E-state index contributed by atoms with van der Waals surface area (Å²) in [5, 5.41) is 3.20. The van der Waals surface area contributed by atoms with E-state index in [9.17, 15) is 0 Å². The Morgan fingerprint density at radius 3 is 3.06 bits per heavy atom. The maximum atomic E-state index is 6.00. The third kappa shape index (κ3) is 3.85. The van der Waals surface area contributed by atoms with Crippen molar-refractivity contribution in [1.82, 2.24) is 9.97 Å². The Kier molecular flexibility index (Phi) is 4.14. The molecular formula is C12H20N4O. The highest BCUT2D eigenvalue weighted by Crippen LogP contribution is 2.31. The molecule has 0 aliphatic heterocycles. The molecule has 5 heteroatoms. The van der Waals surface area contributed by atoms with Gasteiger partial charge < -0.3 is 15.8 Å². The van der Waals surface area contributed by atoms with E-state index in [-0.39, 0.29) is 6.04 Å². The lowest BCUT2D eigenvalue weighted by Crippen LogP contribution is -2.31. The molecule has 0 aromatic carbocycles. The van der Waals surface area contributed by atoms with Crippen molar-refractivity contribution in [3.63, 3.8) is 0 Å². The molecule has 1 aliphatic rings. The van der Waals surface area contributed by atoms with E-state index in [2.05, 4.69) is 22.2 Å². The van der Waals surface area contributed by atoms with Gasteiger partial charge in [0, 0.05) is 12.6 Å². The Morgan fingerprint density at radius 2 is 2.35 bits per heavy atom.